The van der Waals surface area contributed by atoms with Crippen molar-refractivity contribution in [2.75, 3.05) is 38.0 Å². The summed E-state index contributed by atoms with van der Waals surface area (Å²) < 4.78 is 4.32. The van der Waals surface area contributed by atoms with E-state index in [1.54, 1.807) is 0 Å². The average molecular weight is 523 g/mol. The van der Waals surface area contributed by atoms with E-state index < -0.39 is 0 Å². The highest BCUT2D eigenvalue weighted by molar-refractivity contribution is 5.52. The topological polar surface area (TPSA) is 63.7 Å². The molecule has 0 bridgehead atoms. The van der Waals surface area contributed by atoms with E-state index >= 15 is 0 Å². The van der Waals surface area contributed by atoms with Gasteiger partial charge in [0.2, 0.25) is 0 Å². The molecular weight excluding hydrogens is 484 g/mol. The molecule has 0 unspecified atom stereocenters. The van der Waals surface area contributed by atoms with Crippen molar-refractivity contribution in [2.45, 2.75) is 32.4 Å². The number of nitrogens with zero attached hydrogens (tertiary/aromatic N) is 8. The Morgan fingerprint density at radius 1 is 0.487 bits per heavy atom. The van der Waals surface area contributed by atoms with Gasteiger partial charge in [-0.05, 0) is 90.2 Å². The Balaban J connectivity index is 1.28. The summed E-state index contributed by atoms with van der Waals surface area (Å²) in [4.78, 5) is 4.14. The summed E-state index contributed by atoms with van der Waals surface area (Å²) in [6, 6.07) is 28.2. The Bertz CT molecular complexity index is 1270. The van der Waals surface area contributed by atoms with E-state index in [0.717, 1.165) is 66.7 Å². The summed E-state index contributed by atoms with van der Waals surface area (Å²) in [6.07, 6.45) is 7.33. The first kappa shape index (κ1) is 27.6. The third-order valence-electron chi connectivity index (χ3n) is 6.40. The van der Waals surface area contributed by atoms with Crippen molar-refractivity contribution in [1.82, 2.24) is 0 Å². The van der Waals surface area contributed by atoms with Crippen LogP contribution in [0.25, 0.3) is 0 Å². The molecule has 2 aromatic heterocycles. The standard InChI is InChI=1S/C31H38N8/c1-36(2)28-18-14-26(15-19-28)32-34-30-12-6-10-24-38(30)22-8-5-9-23-39-25-11-7-13-31(39)35-33-27-16-20-29(21-17-27)37(3)4/h6-7,10-21,24-25H,5,8-9,22-23H2,1-4H3/q+2. The van der Waals surface area contributed by atoms with Gasteiger partial charge < -0.3 is 9.80 Å². The molecule has 0 aliphatic heterocycles. The molecule has 0 saturated heterocycles. The van der Waals surface area contributed by atoms with E-state index in [1.807, 2.05) is 113 Å². The molecule has 200 valence electrons. The molecule has 4 aromatic rings. The van der Waals surface area contributed by atoms with Crippen molar-refractivity contribution < 1.29 is 9.13 Å². The van der Waals surface area contributed by atoms with Gasteiger partial charge in [0.15, 0.2) is 0 Å². The van der Waals surface area contributed by atoms with Gasteiger partial charge in [0.25, 0.3) is 0 Å². The number of azo groups is 2. The number of hydrogen-bond acceptors (Lipinski definition) is 6. The van der Waals surface area contributed by atoms with Gasteiger partial charge in [-0.3, -0.25) is 0 Å². The fourth-order valence-electron chi connectivity index (χ4n) is 4.09. The van der Waals surface area contributed by atoms with Gasteiger partial charge in [0.05, 0.1) is 35.7 Å². The second-order valence-corrected chi connectivity index (χ2v) is 9.79. The predicted octanol–water partition coefficient (Wildman–Crippen LogP) is 7.09. The van der Waals surface area contributed by atoms with E-state index in [9.17, 15) is 0 Å². The lowest BCUT2D eigenvalue weighted by Gasteiger charge is -2.11. The van der Waals surface area contributed by atoms with Crippen molar-refractivity contribution in [3.8, 4) is 0 Å². The van der Waals surface area contributed by atoms with E-state index in [-0.39, 0.29) is 0 Å². The van der Waals surface area contributed by atoms with E-state index in [0.29, 0.717) is 0 Å². The maximum atomic E-state index is 4.51. The predicted molar refractivity (Wildman–Crippen MR) is 157 cm³/mol. The van der Waals surface area contributed by atoms with E-state index in [4.69, 9.17) is 0 Å². The van der Waals surface area contributed by atoms with Crippen LogP contribution in [0.5, 0.6) is 0 Å². The molecule has 0 aliphatic rings. The molecule has 0 amide bonds. The summed E-state index contributed by atoms with van der Waals surface area (Å²) >= 11 is 0. The van der Waals surface area contributed by atoms with Crippen LogP contribution in [0.2, 0.25) is 0 Å². The lowest BCUT2D eigenvalue weighted by molar-refractivity contribution is -0.688. The maximum absolute atomic E-state index is 4.51. The van der Waals surface area contributed by atoms with E-state index in [1.165, 1.54) is 0 Å². The highest BCUT2D eigenvalue weighted by Crippen LogP contribution is 2.21. The molecule has 39 heavy (non-hydrogen) atoms. The highest BCUT2D eigenvalue weighted by Gasteiger charge is 2.11. The van der Waals surface area contributed by atoms with Crippen LogP contribution in [0.15, 0.2) is 118 Å². The molecule has 8 nitrogen and oxygen atoms in total. The first-order chi connectivity index (χ1) is 19.0. The third-order valence-corrected chi connectivity index (χ3v) is 6.40. The number of anilines is 2. The zero-order valence-electron chi connectivity index (χ0n) is 23.4. The van der Waals surface area contributed by atoms with Crippen LogP contribution >= 0.6 is 0 Å². The summed E-state index contributed by atoms with van der Waals surface area (Å²) in [5, 5.41) is 17.9. The smallest absolute Gasteiger partial charge is 0.350 e. The molecule has 0 N–H and O–H groups in total. The quantitative estimate of drug-likeness (QED) is 0.113. The molecule has 0 spiro atoms. The Labute approximate surface area is 231 Å². The molecule has 0 atom stereocenters. The molecule has 2 heterocycles. The van der Waals surface area contributed by atoms with Crippen LogP contribution in [0.1, 0.15) is 19.3 Å². The van der Waals surface area contributed by atoms with Crippen molar-refractivity contribution in [2.24, 2.45) is 20.5 Å². The Hall–Kier alpha value is -4.46. The Morgan fingerprint density at radius 3 is 1.28 bits per heavy atom. The normalized spacial score (nSPS) is 11.4. The van der Waals surface area contributed by atoms with Gasteiger partial charge in [-0.25, -0.2) is 9.13 Å². The minimum Gasteiger partial charge on any atom is -0.378 e. The first-order valence-corrected chi connectivity index (χ1v) is 13.3. The second-order valence-electron chi connectivity index (χ2n) is 9.79. The number of unbranched alkanes of at least 4 members (excludes halogenated alkanes) is 2. The third kappa shape index (κ3) is 8.26. The van der Waals surface area contributed by atoms with Crippen LogP contribution in [-0.4, -0.2) is 28.2 Å². The molecule has 4 rings (SSSR count). The molecular formula is C31H38N8+2. The van der Waals surface area contributed by atoms with Crippen molar-refractivity contribution in [1.29, 1.82) is 0 Å². The maximum Gasteiger partial charge on any atom is 0.350 e. The SMILES string of the molecule is CN(C)c1ccc(N=Nc2cccc[n+]2CCCCC[n+]2ccccc2N=Nc2ccc(N(C)C)cc2)cc1. The van der Waals surface area contributed by atoms with Gasteiger partial charge in [-0.2, -0.15) is 0 Å². The number of pyridine rings is 2. The molecule has 0 aliphatic carbocycles. The number of aromatic nitrogens is 2. The fraction of sp³-hybridized carbons (Fsp3) is 0.290. The number of aryl methyl sites for hydroxylation is 2. The number of hydrogen-bond donors (Lipinski definition) is 0. The summed E-state index contributed by atoms with van der Waals surface area (Å²) in [5.41, 5.74) is 3.97. The fourth-order valence-corrected chi connectivity index (χ4v) is 4.09. The van der Waals surface area contributed by atoms with Crippen LogP contribution in [0.4, 0.5) is 34.4 Å². The molecule has 0 fully saturated rings. The molecule has 0 radical (unpaired) electrons. The average Bonchev–Trinajstić information content (AvgIpc) is 2.96. The summed E-state index contributed by atoms with van der Waals surface area (Å²) in [6.45, 7) is 1.79. The van der Waals surface area contributed by atoms with Crippen molar-refractivity contribution in [3.63, 3.8) is 0 Å². The molecule has 2 aromatic carbocycles. The minimum absolute atomic E-state index is 0.842. The Morgan fingerprint density at radius 2 is 0.897 bits per heavy atom. The van der Waals surface area contributed by atoms with Crippen LogP contribution in [0.3, 0.4) is 0 Å². The zero-order chi connectivity index (χ0) is 27.5. The van der Waals surface area contributed by atoms with Crippen molar-refractivity contribution >= 4 is 34.4 Å². The van der Waals surface area contributed by atoms with Gasteiger partial charge in [0, 0.05) is 51.7 Å². The first-order valence-electron chi connectivity index (χ1n) is 13.3. The number of rotatable bonds is 12. The molecule has 8 heteroatoms. The largest absolute Gasteiger partial charge is 0.378 e. The second kappa shape index (κ2) is 13.9. The highest BCUT2D eigenvalue weighted by atomic mass is 15.2. The summed E-state index contributed by atoms with van der Waals surface area (Å²) in [5.74, 6) is 1.71. The number of benzene rings is 2. The van der Waals surface area contributed by atoms with E-state index in [2.05, 4.69) is 51.8 Å². The van der Waals surface area contributed by atoms with Crippen molar-refractivity contribution in [3.05, 3.63) is 97.3 Å². The van der Waals surface area contributed by atoms with Gasteiger partial charge in [0.1, 0.15) is 11.4 Å². The molecule has 0 saturated carbocycles. The lowest BCUT2D eigenvalue weighted by atomic mass is 10.2. The van der Waals surface area contributed by atoms with Crippen LogP contribution in [0, 0.1) is 0 Å². The zero-order valence-corrected chi connectivity index (χ0v) is 23.4. The minimum atomic E-state index is 0.842. The van der Waals surface area contributed by atoms with Gasteiger partial charge >= 0.3 is 11.6 Å². The Kier molecular flexibility index (Phi) is 9.83. The van der Waals surface area contributed by atoms with Gasteiger partial charge in [-0.15, -0.1) is 0 Å². The monoisotopic (exact) mass is 522 g/mol. The van der Waals surface area contributed by atoms with Crippen LogP contribution in [-0.2, 0) is 13.1 Å². The van der Waals surface area contributed by atoms with Gasteiger partial charge in [-0.1, -0.05) is 12.1 Å². The van der Waals surface area contributed by atoms with Crippen LogP contribution < -0.4 is 18.9 Å². The lowest BCUT2D eigenvalue weighted by Crippen LogP contribution is -2.34. The summed E-state index contributed by atoms with van der Waals surface area (Å²) in [7, 11) is 8.11.